The molecule has 4 nitrogen and oxygen atoms in total. The summed E-state index contributed by atoms with van der Waals surface area (Å²) in [5, 5.41) is 8.66. The van der Waals surface area contributed by atoms with Crippen molar-refractivity contribution >= 4 is 11.9 Å². The van der Waals surface area contributed by atoms with Crippen molar-refractivity contribution in [1.29, 1.82) is 0 Å². The summed E-state index contributed by atoms with van der Waals surface area (Å²) < 4.78 is 0. The molecule has 80 valence electrons. The maximum Gasteiger partial charge on any atom is 0.315 e. The standard InChI is InChI=1S/C10H17NO3/c1-7(10(13)14)9(12)11(2)6-8-4-3-5-8/h7-8H,3-6H2,1-2H3,(H,13,14). The first-order valence-corrected chi connectivity index (χ1v) is 5.00. The van der Waals surface area contributed by atoms with Crippen LogP contribution in [0.4, 0.5) is 0 Å². The average Bonchev–Trinajstić information content (AvgIpc) is 2.08. The number of amides is 1. The summed E-state index contributed by atoms with van der Waals surface area (Å²) in [5.74, 6) is -1.66. The molecule has 1 amide bonds. The molecule has 0 aromatic rings. The number of carbonyl (C=O) groups is 2. The number of nitrogens with zero attached hydrogens (tertiary/aromatic N) is 1. The molecular formula is C10H17NO3. The number of carboxylic acids is 1. The number of aliphatic carboxylic acids is 1. The Morgan fingerprint density at radius 1 is 1.50 bits per heavy atom. The van der Waals surface area contributed by atoms with Crippen LogP contribution < -0.4 is 0 Å². The zero-order valence-electron chi connectivity index (χ0n) is 8.69. The Labute approximate surface area is 83.9 Å². The van der Waals surface area contributed by atoms with Gasteiger partial charge >= 0.3 is 5.97 Å². The van der Waals surface area contributed by atoms with Crippen molar-refractivity contribution in [3.05, 3.63) is 0 Å². The smallest absolute Gasteiger partial charge is 0.315 e. The van der Waals surface area contributed by atoms with Crippen LogP contribution >= 0.6 is 0 Å². The fourth-order valence-electron chi connectivity index (χ4n) is 1.59. The third-order valence-corrected chi connectivity index (χ3v) is 2.87. The van der Waals surface area contributed by atoms with Gasteiger partial charge in [0.15, 0.2) is 0 Å². The van der Waals surface area contributed by atoms with Gasteiger partial charge in [-0.25, -0.2) is 0 Å². The number of carbonyl (C=O) groups excluding carboxylic acids is 1. The van der Waals surface area contributed by atoms with Crippen LogP contribution in [0.2, 0.25) is 0 Å². The van der Waals surface area contributed by atoms with E-state index in [4.69, 9.17) is 5.11 Å². The van der Waals surface area contributed by atoms with E-state index in [1.54, 1.807) is 11.9 Å². The zero-order valence-corrected chi connectivity index (χ0v) is 8.69. The first-order valence-electron chi connectivity index (χ1n) is 5.00. The maximum absolute atomic E-state index is 11.5. The second kappa shape index (κ2) is 4.44. The Morgan fingerprint density at radius 3 is 2.43 bits per heavy atom. The molecular weight excluding hydrogens is 182 g/mol. The number of hydrogen-bond acceptors (Lipinski definition) is 2. The van der Waals surface area contributed by atoms with Gasteiger partial charge in [-0.1, -0.05) is 6.42 Å². The van der Waals surface area contributed by atoms with Gasteiger partial charge in [-0.05, 0) is 25.7 Å². The van der Waals surface area contributed by atoms with Gasteiger partial charge in [-0.2, -0.15) is 0 Å². The largest absolute Gasteiger partial charge is 0.481 e. The topological polar surface area (TPSA) is 57.6 Å². The summed E-state index contributed by atoms with van der Waals surface area (Å²) in [5.41, 5.74) is 0. The molecule has 0 aromatic heterocycles. The summed E-state index contributed by atoms with van der Waals surface area (Å²) >= 11 is 0. The predicted molar refractivity (Wildman–Crippen MR) is 51.8 cm³/mol. The van der Waals surface area contributed by atoms with Crippen LogP contribution in [0.1, 0.15) is 26.2 Å². The van der Waals surface area contributed by atoms with Crippen molar-refractivity contribution in [2.24, 2.45) is 11.8 Å². The fourth-order valence-corrected chi connectivity index (χ4v) is 1.59. The van der Waals surface area contributed by atoms with Crippen molar-refractivity contribution in [1.82, 2.24) is 4.90 Å². The van der Waals surface area contributed by atoms with E-state index in [2.05, 4.69) is 0 Å². The summed E-state index contributed by atoms with van der Waals surface area (Å²) in [4.78, 5) is 23.6. The number of carboxylic acid groups (broad SMARTS) is 1. The second-order valence-corrected chi connectivity index (χ2v) is 4.08. The molecule has 14 heavy (non-hydrogen) atoms. The summed E-state index contributed by atoms with van der Waals surface area (Å²) in [6.45, 7) is 2.14. The molecule has 4 heteroatoms. The molecule has 0 spiro atoms. The molecule has 1 saturated carbocycles. The van der Waals surface area contributed by atoms with Crippen LogP contribution in [0, 0.1) is 11.8 Å². The van der Waals surface area contributed by atoms with Crippen molar-refractivity contribution < 1.29 is 14.7 Å². The Hall–Kier alpha value is -1.06. The van der Waals surface area contributed by atoms with E-state index in [9.17, 15) is 9.59 Å². The van der Waals surface area contributed by atoms with Gasteiger partial charge in [0, 0.05) is 13.6 Å². The molecule has 0 radical (unpaired) electrons. The second-order valence-electron chi connectivity index (χ2n) is 4.08. The third kappa shape index (κ3) is 2.47. The van der Waals surface area contributed by atoms with Crippen molar-refractivity contribution in [3.63, 3.8) is 0 Å². The number of rotatable bonds is 4. The molecule has 1 unspecified atom stereocenters. The van der Waals surface area contributed by atoms with Gasteiger partial charge in [-0.3, -0.25) is 9.59 Å². The third-order valence-electron chi connectivity index (χ3n) is 2.87. The highest BCUT2D eigenvalue weighted by Gasteiger charge is 2.27. The van der Waals surface area contributed by atoms with Gasteiger partial charge in [0.05, 0.1) is 0 Å². The van der Waals surface area contributed by atoms with Crippen molar-refractivity contribution in [3.8, 4) is 0 Å². The first kappa shape index (κ1) is 11.0. The van der Waals surface area contributed by atoms with Crippen LogP contribution in [-0.4, -0.2) is 35.5 Å². The van der Waals surface area contributed by atoms with E-state index in [1.807, 2.05) is 0 Å². The quantitative estimate of drug-likeness (QED) is 0.686. The molecule has 1 atom stereocenters. The van der Waals surface area contributed by atoms with Gasteiger partial charge < -0.3 is 10.0 Å². The highest BCUT2D eigenvalue weighted by atomic mass is 16.4. The molecule has 1 fully saturated rings. The Morgan fingerprint density at radius 2 is 2.07 bits per heavy atom. The molecule has 0 aromatic carbocycles. The van der Waals surface area contributed by atoms with Crippen LogP contribution in [0.3, 0.4) is 0 Å². The van der Waals surface area contributed by atoms with Gasteiger partial charge in [0.1, 0.15) is 5.92 Å². The van der Waals surface area contributed by atoms with E-state index in [0.29, 0.717) is 12.5 Å². The molecule has 0 aliphatic heterocycles. The van der Waals surface area contributed by atoms with E-state index in [0.717, 1.165) is 0 Å². The highest BCUT2D eigenvalue weighted by Crippen LogP contribution is 2.26. The molecule has 0 bridgehead atoms. The Balaban J connectivity index is 2.38. The average molecular weight is 199 g/mol. The monoisotopic (exact) mass is 199 g/mol. The van der Waals surface area contributed by atoms with Crippen LogP contribution in [0.15, 0.2) is 0 Å². The van der Waals surface area contributed by atoms with E-state index in [1.165, 1.54) is 26.2 Å². The fraction of sp³-hybridized carbons (Fsp3) is 0.800. The summed E-state index contributed by atoms with van der Waals surface area (Å²) in [6, 6.07) is 0. The molecule has 1 N–H and O–H groups in total. The molecule has 1 aliphatic carbocycles. The van der Waals surface area contributed by atoms with Crippen LogP contribution in [0.5, 0.6) is 0 Å². The van der Waals surface area contributed by atoms with Gasteiger partial charge in [0.25, 0.3) is 0 Å². The lowest BCUT2D eigenvalue weighted by atomic mass is 9.85. The van der Waals surface area contributed by atoms with E-state index in [-0.39, 0.29) is 5.91 Å². The summed E-state index contributed by atoms with van der Waals surface area (Å²) in [6.07, 6.45) is 3.57. The number of hydrogen-bond donors (Lipinski definition) is 1. The normalized spacial score (nSPS) is 18.4. The lowest BCUT2D eigenvalue weighted by molar-refractivity contribution is -0.150. The van der Waals surface area contributed by atoms with E-state index < -0.39 is 11.9 Å². The minimum atomic E-state index is -1.05. The minimum Gasteiger partial charge on any atom is -0.481 e. The molecule has 1 aliphatic rings. The highest BCUT2D eigenvalue weighted by molar-refractivity contribution is 5.96. The van der Waals surface area contributed by atoms with E-state index >= 15 is 0 Å². The molecule has 0 heterocycles. The lowest BCUT2D eigenvalue weighted by Crippen LogP contribution is -2.39. The minimum absolute atomic E-state index is 0.288. The van der Waals surface area contributed by atoms with Crippen molar-refractivity contribution in [2.45, 2.75) is 26.2 Å². The molecule has 1 rings (SSSR count). The lowest BCUT2D eigenvalue weighted by Gasteiger charge is -2.30. The van der Waals surface area contributed by atoms with Gasteiger partial charge in [0.2, 0.25) is 5.91 Å². The zero-order chi connectivity index (χ0) is 10.7. The predicted octanol–water partition coefficient (Wildman–Crippen LogP) is 0.966. The Bertz CT molecular complexity index is 236. The van der Waals surface area contributed by atoms with Crippen LogP contribution in [0.25, 0.3) is 0 Å². The van der Waals surface area contributed by atoms with Crippen LogP contribution in [-0.2, 0) is 9.59 Å². The summed E-state index contributed by atoms with van der Waals surface area (Å²) in [7, 11) is 1.68. The van der Waals surface area contributed by atoms with Crippen molar-refractivity contribution in [2.75, 3.05) is 13.6 Å². The molecule has 0 saturated heterocycles. The SMILES string of the molecule is CC(C(=O)O)C(=O)N(C)CC1CCC1. The Kier molecular flexibility index (Phi) is 3.49. The van der Waals surface area contributed by atoms with Gasteiger partial charge in [-0.15, -0.1) is 0 Å². The first-order chi connectivity index (χ1) is 6.52. The maximum atomic E-state index is 11.5.